The van der Waals surface area contributed by atoms with E-state index >= 15 is 0 Å². The zero-order valence-corrected chi connectivity index (χ0v) is 21.1. The van der Waals surface area contributed by atoms with Crippen molar-refractivity contribution in [3.05, 3.63) is 111 Å². The summed E-state index contributed by atoms with van der Waals surface area (Å²) in [5.41, 5.74) is 3.70. The molecule has 4 rings (SSSR count). The molecule has 4 aromatic rings. The molecule has 0 spiro atoms. The van der Waals surface area contributed by atoms with E-state index in [-0.39, 0.29) is 23.0 Å². The van der Waals surface area contributed by atoms with E-state index in [1.54, 1.807) is 19.2 Å². The first kappa shape index (κ1) is 25.3. The lowest BCUT2D eigenvalue weighted by Gasteiger charge is -2.19. The molecule has 3 aromatic carbocycles. The van der Waals surface area contributed by atoms with Gasteiger partial charge in [-0.1, -0.05) is 61.2 Å². The van der Waals surface area contributed by atoms with Crippen molar-refractivity contribution in [2.75, 3.05) is 7.11 Å². The van der Waals surface area contributed by atoms with Gasteiger partial charge < -0.3 is 15.0 Å². The number of carbonyl (C=O) groups is 2. The number of amides is 1. The Morgan fingerprint density at radius 2 is 1.75 bits per heavy atom. The van der Waals surface area contributed by atoms with Crippen LogP contribution in [0.5, 0.6) is 5.75 Å². The number of ether oxygens (including phenoxy) is 1. The predicted octanol–water partition coefficient (Wildman–Crippen LogP) is 4.90. The van der Waals surface area contributed by atoms with Crippen LogP contribution in [0.25, 0.3) is 10.9 Å². The van der Waals surface area contributed by atoms with E-state index in [1.807, 2.05) is 60.7 Å². The van der Waals surface area contributed by atoms with Crippen molar-refractivity contribution in [1.82, 2.24) is 10.3 Å². The van der Waals surface area contributed by atoms with Gasteiger partial charge in [-0.2, -0.15) is 0 Å². The lowest BCUT2D eigenvalue weighted by atomic mass is 10.0. The minimum Gasteiger partial charge on any atom is -0.497 e. The molecule has 0 saturated heterocycles. The molecule has 184 valence electrons. The molecule has 36 heavy (non-hydrogen) atoms. The first-order valence-electron chi connectivity index (χ1n) is 11.8. The van der Waals surface area contributed by atoms with Crippen LogP contribution in [0.2, 0.25) is 0 Å². The standard InChI is InChI=1S/C29H28N2O4S/c1-3-19-11-13-21(14-12-19)28(33)31-26(29(34)36-18-20-7-6-8-23(15-20)35-2)16-22-17-27(32)30-25-10-5-4-9-24(22)25/h4-15,17,26H,3,16,18H2,1-2H3,(H,30,32)(H,31,33). The van der Waals surface area contributed by atoms with Gasteiger partial charge in [-0.3, -0.25) is 14.4 Å². The number of aromatic nitrogens is 1. The molecule has 0 bridgehead atoms. The third-order valence-corrected chi connectivity index (χ3v) is 7.04. The number of fused-ring (bicyclic) bond motifs is 1. The van der Waals surface area contributed by atoms with E-state index in [9.17, 15) is 14.4 Å². The van der Waals surface area contributed by atoms with Gasteiger partial charge in [0.1, 0.15) is 11.8 Å². The largest absolute Gasteiger partial charge is 0.497 e. The van der Waals surface area contributed by atoms with Gasteiger partial charge in [-0.05, 0) is 53.4 Å². The molecule has 0 aliphatic rings. The number of aromatic amines is 1. The second-order valence-corrected chi connectivity index (χ2v) is 9.42. The Morgan fingerprint density at radius 3 is 2.50 bits per heavy atom. The number of aryl methyl sites for hydroxylation is 1. The average Bonchev–Trinajstić information content (AvgIpc) is 2.91. The highest BCUT2D eigenvalue weighted by atomic mass is 32.2. The van der Waals surface area contributed by atoms with E-state index in [1.165, 1.54) is 6.07 Å². The molecule has 6 nitrogen and oxygen atoms in total. The van der Waals surface area contributed by atoms with E-state index in [0.29, 0.717) is 22.4 Å². The molecular weight excluding hydrogens is 472 g/mol. The highest BCUT2D eigenvalue weighted by Crippen LogP contribution is 2.22. The van der Waals surface area contributed by atoms with Gasteiger partial charge in [0.05, 0.1) is 7.11 Å². The van der Waals surface area contributed by atoms with Crippen LogP contribution in [0.4, 0.5) is 0 Å². The maximum Gasteiger partial charge on any atom is 0.251 e. The Kier molecular flexibility index (Phi) is 8.23. The summed E-state index contributed by atoms with van der Waals surface area (Å²) in [5, 5.41) is 3.58. The molecule has 1 aromatic heterocycles. The Hall–Kier alpha value is -3.84. The Labute approximate surface area is 214 Å². The van der Waals surface area contributed by atoms with Gasteiger partial charge in [0.2, 0.25) is 10.7 Å². The molecule has 0 fully saturated rings. The highest BCUT2D eigenvalue weighted by Gasteiger charge is 2.24. The summed E-state index contributed by atoms with van der Waals surface area (Å²) in [7, 11) is 1.60. The van der Waals surface area contributed by atoms with E-state index < -0.39 is 6.04 Å². The van der Waals surface area contributed by atoms with Crippen LogP contribution < -0.4 is 15.6 Å². The number of hydrogen-bond acceptors (Lipinski definition) is 5. The van der Waals surface area contributed by atoms with Crippen LogP contribution >= 0.6 is 11.8 Å². The highest BCUT2D eigenvalue weighted by molar-refractivity contribution is 8.13. The number of H-pyrrole nitrogens is 1. The fraction of sp³-hybridized carbons (Fsp3) is 0.207. The van der Waals surface area contributed by atoms with Crippen molar-refractivity contribution < 1.29 is 14.3 Å². The number of para-hydroxylation sites is 1. The van der Waals surface area contributed by atoms with Crippen LogP contribution in [-0.2, 0) is 23.4 Å². The van der Waals surface area contributed by atoms with Gasteiger partial charge >= 0.3 is 0 Å². The summed E-state index contributed by atoms with van der Waals surface area (Å²) >= 11 is 1.13. The maximum absolute atomic E-state index is 13.4. The Bertz CT molecular complexity index is 1430. The lowest BCUT2D eigenvalue weighted by molar-refractivity contribution is -0.112. The summed E-state index contributed by atoms with van der Waals surface area (Å²) in [6, 6.07) is 23.0. The van der Waals surface area contributed by atoms with Crippen molar-refractivity contribution in [3.8, 4) is 5.75 Å². The van der Waals surface area contributed by atoms with Crippen molar-refractivity contribution in [1.29, 1.82) is 0 Å². The average molecular weight is 501 g/mol. The van der Waals surface area contributed by atoms with Crippen LogP contribution in [0.1, 0.15) is 34.0 Å². The zero-order valence-electron chi connectivity index (χ0n) is 20.2. The fourth-order valence-corrected chi connectivity index (χ4v) is 4.84. The molecule has 2 N–H and O–H groups in total. The van der Waals surface area contributed by atoms with Gasteiger partial charge in [-0.15, -0.1) is 0 Å². The number of thioether (sulfide) groups is 1. The topological polar surface area (TPSA) is 88.3 Å². The van der Waals surface area contributed by atoms with Crippen LogP contribution in [-0.4, -0.2) is 29.2 Å². The molecule has 1 unspecified atom stereocenters. The summed E-state index contributed by atoms with van der Waals surface area (Å²) in [4.78, 5) is 41.6. The van der Waals surface area contributed by atoms with Crippen LogP contribution in [0.15, 0.2) is 83.7 Å². The minimum atomic E-state index is -0.816. The van der Waals surface area contributed by atoms with E-state index in [0.717, 1.165) is 40.4 Å². The Morgan fingerprint density at radius 1 is 0.972 bits per heavy atom. The first-order valence-corrected chi connectivity index (χ1v) is 12.8. The van der Waals surface area contributed by atoms with Crippen LogP contribution in [0, 0.1) is 0 Å². The lowest BCUT2D eigenvalue weighted by Crippen LogP contribution is -2.41. The number of benzene rings is 3. The van der Waals surface area contributed by atoms with Crippen molar-refractivity contribution >= 4 is 33.7 Å². The summed E-state index contributed by atoms with van der Waals surface area (Å²) < 4.78 is 5.27. The number of carbonyl (C=O) groups excluding carboxylic acids is 2. The minimum absolute atomic E-state index is 0.180. The van der Waals surface area contributed by atoms with E-state index in [2.05, 4.69) is 17.2 Å². The smallest absolute Gasteiger partial charge is 0.251 e. The fourth-order valence-electron chi connectivity index (χ4n) is 4.01. The van der Waals surface area contributed by atoms with Crippen molar-refractivity contribution in [2.24, 2.45) is 0 Å². The quantitative estimate of drug-likeness (QED) is 0.341. The zero-order chi connectivity index (χ0) is 25.5. The summed E-state index contributed by atoms with van der Waals surface area (Å²) in [6.07, 6.45) is 1.08. The normalized spacial score (nSPS) is 11.7. The molecule has 1 amide bonds. The number of methoxy groups -OCH3 is 1. The predicted molar refractivity (Wildman–Crippen MR) is 145 cm³/mol. The molecule has 1 atom stereocenters. The molecule has 0 aliphatic heterocycles. The second-order valence-electron chi connectivity index (χ2n) is 8.44. The van der Waals surface area contributed by atoms with Crippen LogP contribution in [0.3, 0.4) is 0 Å². The maximum atomic E-state index is 13.4. The number of rotatable bonds is 9. The molecule has 0 radical (unpaired) electrons. The second kappa shape index (κ2) is 11.7. The Balaban J connectivity index is 1.59. The molecular formula is C29H28N2O4S. The van der Waals surface area contributed by atoms with Gasteiger partial charge in [0, 0.05) is 34.7 Å². The number of hydrogen-bond donors (Lipinski definition) is 2. The van der Waals surface area contributed by atoms with Gasteiger partial charge in [0.15, 0.2) is 0 Å². The SMILES string of the molecule is CCc1ccc(C(=O)NC(Cc2cc(=O)[nH]c3ccccc23)C(=O)SCc2cccc(OC)c2)cc1. The van der Waals surface area contributed by atoms with Crippen molar-refractivity contribution in [3.63, 3.8) is 0 Å². The third-order valence-electron chi connectivity index (χ3n) is 5.99. The van der Waals surface area contributed by atoms with Gasteiger partial charge in [0.25, 0.3) is 5.91 Å². The van der Waals surface area contributed by atoms with Gasteiger partial charge in [-0.25, -0.2) is 0 Å². The third kappa shape index (κ3) is 6.23. The summed E-state index contributed by atoms with van der Waals surface area (Å²) in [6.45, 7) is 2.05. The number of nitrogens with one attached hydrogen (secondary N) is 2. The molecule has 0 saturated carbocycles. The van der Waals surface area contributed by atoms with Crippen molar-refractivity contribution in [2.45, 2.75) is 31.6 Å². The molecule has 1 heterocycles. The summed E-state index contributed by atoms with van der Waals surface area (Å²) in [5.74, 6) is 0.826. The monoisotopic (exact) mass is 500 g/mol. The molecule has 7 heteroatoms. The number of pyridine rings is 1. The van der Waals surface area contributed by atoms with E-state index in [4.69, 9.17) is 4.74 Å². The molecule has 0 aliphatic carbocycles. The first-order chi connectivity index (χ1) is 17.5.